The Bertz CT molecular complexity index is 1210. The van der Waals surface area contributed by atoms with Gasteiger partial charge in [0.05, 0.1) is 19.8 Å². The molecule has 1 unspecified atom stereocenters. The monoisotopic (exact) mass is 529 g/mol. The molecule has 2 aromatic rings. The Hall–Kier alpha value is -1.78. The fourth-order valence-corrected chi connectivity index (χ4v) is 5.84. The number of aliphatic hydroxyl groups is 1. The standard InChI is InChI=1S/C14H22N6O10P2S/c1-6(21)16-3-7-8(4-28-31(24,25)30-32(26,27)33)29-13(10(7)22)20-5-19(2)9-11(20)17-14(15)18-12(9)23/h5,7-8,10,13,22H,3-4H2,1-2H3,(H6-,15,16,17,18,21,23,24,25,26,27,33)/p+1/t7-,8-,10-,13-/m1/s1. The average molecular weight is 529 g/mol. The van der Waals surface area contributed by atoms with Crippen LogP contribution < -0.4 is 21.2 Å². The number of hydrogen-bond donors (Lipinski definition) is 7. The molecule has 0 saturated carbocycles. The van der Waals surface area contributed by atoms with Crippen LogP contribution in [0.2, 0.25) is 0 Å². The van der Waals surface area contributed by atoms with Gasteiger partial charge in [-0.1, -0.05) is 4.98 Å². The van der Waals surface area contributed by atoms with Crippen LogP contribution in [0.3, 0.4) is 0 Å². The van der Waals surface area contributed by atoms with Crippen molar-refractivity contribution in [1.82, 2.24) is 19.9 Å². The number of carbonyl (C=O) groups excluding carboxylic acids is 1. The molecule has 33 heavy (non-hydrogen) atoms. The summed E-state index contributed by atoms with van der Waals surface area (Å²) in [5, 5.41) is 13.5. The van der Waals surface area contributed by atoms with Crippen molar-refractivity contribution in [3.05, 3.63) is 16.7 Å². The van der Waals surface area contributed by atoms with Gasteiger partial charge in [-0.3, -0.25) is 23.7 Å². The largest absolute Gasteiger partial charge is 0.479 e. The third kappa shape index (κ3) is 6.02. The third-order valence-corrected chi connectivity index (χ3v) is 7.54. The number of phosphoric ester groups is 1. The number of aromatic amines is 1. The van der Waals surface area contributed by atoms with Crippen LogP contribution >= 0.6 is 14.5 Å². The lowest BCUT2D eigenvalue weighted by atomic mass is 9.98. The van der Waals surface area contributed by atoms with Crippen molar-refractivity contribution in [2.75, 3.05) is 18.9 Å². The number of aliphatic hydroxyl groups excluding tert-OH is 1. The fraction of sp³-hybridized carbons (Fsp3) is 0.571. The van der Waals surface area contributed by atoms with Crippen molar-refractivity contribution in [3.8, 4) is 0 Å². The number of hydrogen-bond acceptors (Lipinski definition) is 10. The molecule has 1 fully saturated rings. The van der Waals surface area contributed by atoms with E-state index in [1.807, 2.05) is 0 Å². The van der Waals surface area contributed by atoms with Crippen LogP contribution in [0.4, 0.5) is 5.95 Å². The first kappa shape index (κ1) is 25.8. The molecule has 2 aromatic heterocycles. The van der Waals surface area contributed by atoms with Gasteiger partial charge in [-0.15, -0.1) is 0 Å². The van der Waals surface area contributed by atoms with Crippen molar-refractivity contribution in [2.24, 2.45) is 13.0 Å². The highest BCUT2D eigenvalue weighted by Crippen LogP contribution is 2.58. The van der Waals surface area contributed by atoms with E-state index in [1.54, 1.807) is 7.05 Å². The number of imidazole rings is 1. The van der Waals surface area contributed by atoms with Gasteiger partial charge in [-0.25, -0.2) is 13.4 Å². The Morgan fingerprint density at radius 2 is 2.15 bits per heavy atom. The summed E-state index contributed by atoms with van der Waals surface area (Å²) in [6, 6.07) is 0. The number of nitrogen functional groups attached to an aromatic ring is 1. The number of aromatic nitrogens is 4. The minimum absolute atomic E-state index is 0.0973. The van der Waals surface area contributed by atoms with E-state index < -0.39 is 57.0 Å². The molecule has 1 amide bonds. The van der Waals surface area contributed by atoms with Crippen LogP contribution in [-0.2, 0) is 41.8 Å². The van der Waals surface area contributed by atoms with Gasteiger partial charge in [0.2, 0.25) is 17.7 Å². The molecule has 19 heteroatoms. The topological polar surface area (TPSA) is 235 Å². The van der Waals surface area contributed by atoms with Gasteiger partial charge in [0.1, 0.15) is 6.10 Å². The smallest absolute Gasteiger partial charge is 0.386 e. The maximum absolute atomic E-state index is 12.3. The fourth-order valence-electron chi connectivity index (χ4n) is 3.48. The Labute approximate surface area is 190 Å². The minimum atomic E-state index is -4.98. The number of anilines is 1. The lowest BCUT2D eigenvalue weighted by Crippen LogP contribution is -2.46. The lowest BCUT2D eigenvalue weighted by Gasteiger charge is -2.21. The van der Waals surface area contributed by atoms with E-state index in [0.29, 0.717) is 0 Å². The second-order valence-electron chi connectivity index (χ2n) is 7.25. The summed E-state index contributed by atoms with van der Waals surface area (Å²) in [7, 11) is -3.41. The van der Waals surface area contributed by atoms with Crippen LogP contribution in [0.15, 0.2) is 11.1 Å². The first-order valence-electron chi connectivity index (χ1n) is 9.26. The van der Waals surface area contributed by atoms with Gasteiger partial charge in [0.25, 0.3) is 11.5 Å². The van der Waals surface area contributed by atoms with E-state index >= 15 is 0 Å². The molecule has 8 N–H and O–H groups in total. The summed E-state index contributed by atoms with van der Waals surface area (Å²) < 4.78 is 29.4. The molecule has 16 nitrogen and oxygen atoms in total. The second-order valence-corrected chi connectivity index (χ2v) is 11.5. The van der Waals surface area contributed by atoms with Crippen molar-refractivity contribution in [2.45, 2.75) is 25.4 Å². The molecule has 3 rings (SSSR count). The molecule has 5 atom stereocenters. The second kappa shape index (κ2) is 9.46. The zero-order valence-electron chi connectivity index (χ0n) is 17.3. The van der Waals surface area contributed by atoms with Crippen molar-refractivity contribution >= 4 is 49.4 Å². The molecular formula is C14H23N6O10P2S+. The van der Waals surface area contributed by atoms with E-state index in [4.69, 9.17) is 24.8 Å². The number of nitrogens with two attached hydrogens (primary N) is 1. The Morgan fingerprint density at radius 1 is 1.48 bits per heavy atom. The van der Waals surface area contributed by atoms with Crippen molar-refractivity contribution in [3.63, 3.8) is 0 Å². The maximum atomic E-state index is 12.3. The molecule has 0 aliphatic carbocycles. The summed E-state index contributed by atoms with van der Waals surface area (Å²) in [5.41, 5.74) is 5.35. The molecule has 1 aliphatic rings. The van der Waals surface area contributed by atoms with Crippen LogP contribution in [-0.4, -0.2) is 65.6 Å². The summed E-state index contributed by atoms with van der Waals surface area (Å²) in [5.74, 6) is -1.43. The summed E-state index contributed by atoms with van der Waals surface area (Å²) in [6.45, 7) is -4.00. The van der Waals surface area contributed by atoms with E-state index in [2.05, 4.69) is 31.4 Å². The molecule has 0 aromatic carbocycles. The summed E-state index contributed by atoms with van der Waals surface area (Å²) >= 11 is 4.16. The molecule has 0 spiro atoms. The quantitative estimate of drug-likeness (QED) is 0.138. The number of aryl methyl sites for hydroxylation is 1. The average Bonchev–Trinajstić information content (AvgIpc) is 3.13. The van der Waals surface area contributed by atoms with Crippen LogP contribution in [0.25, 0.3) is 11.2 Å². The van der Waals surface area contributed by atoms with Crippen molar-refractivity contribution < 1.29 is 47.3 Å². The Morgan fingerprint density at radius 3 is 2.76 bits per heavy atom. The lowest BCUT2D eigenvalue weighted by molar-refractivity contribution is -0.745. The third-order valence-electron chi connectivity index (χ3n) is 4.78. The van der Waals surface area contributed by atoms with Gasteiger partial charge in [0, 0.05) is 19.4 Å². The first-order valence-corrected chi connectivity index (χ1v) is 13.4. The highest BCUT2D eigenvalue weighted by atomic mass is 32.5. The molecule has 0 radical (unpaired) electrons. The molecule has 0 bridgehead atoms. The van der Waals surface area contributed by atoms with E-state index in [1.165, 1.54) is 22.4 Å². The van der Waals surface area contributed by atoms with E-state index in [-0.39, 0.29) is 23.7 Å². The number of H-pyrrole nitrogens is 1. The highest BCUT2D eigenvalue weighted by Gasteiger charge is 2.48. The number of nitrogens with one attached hydrogen (secondary N) is 2. The number of carbonyl (C=O) groups is 1. The number of nitrogens with zero attached hydrogens (tertiary/aromatic N) is 3. The zero-order chi connectivity index (χ0) is 24.7. The first-order chi connectivity index (χ1) is 15.2. The molecule has 1 aliphatic heterocycles. The number of phosphoric acid groups is 1. The molecular weight excluding hydrogens is 506 g/mol. The SMILES string of the molecule is CC(=O)NC[C@H]1[C@@H](O)[C@H]([n+]2cn(C)c3c(=O)[nH]c(N)nc32)O[C@@H]1COP(=O)(O)OP(O)(O)=S. The number of amides is 1. The normalized spacial score (nSPS) is 25.3. The molecule has 184 valence electrons. The number of fused-ring (bicyclic) bond motifs is 1. The van der Waals surface area contributed by atoms with Gasteiger partial charge in [-0.05, 0) is 11.8 Å². The molecule has 1 saturated heterocycles. The summed E-state index contributed by atoms with van der Waals surface area (Å²) in [4.78, 5) is 58.0. The van der Waals surface area contributed by atoms with Crippen LogP contribution in [0.5, 0.6) is 0 Å². The summed E-state index contributed by atoms with van der Waals surface area (Å²) in [6.07, 6.45) is -2.11. The predicted molar refractivity (Wildman–Crippen MR) is 114 cm³/mol. The Balaban J connectivity index is 1.91. The van der Waals surface area contributed by atoms with Crippen molar-refractivity contribution in [1.29, 1.82) is 0 Å². The van der Waals surface area contributed by atoms with Gasteiger partial charge in [-0.2, -0.15) is 0 Å². The Kier molecular flexibility index (Phi) is 7.41. The number of ether oxygens (including phenoxy) is 1. The molecule has 3 heterocycles. The van der Waals surface area contributed by atoms with E-state index in [0.717, 1.165) is 0 Å². The van der Waals surface area contributed by atoms with E-state index in [9.17, 15) is 24.2 Å². The highest BCUT2D eigenvalue weighted by molar-refractivity contribution is 8.08. The minimum Gasteiger partial charge on any atom is -0.386 e. The number of rotatable bonds is 8. The predicted octanol–water partition coefficient (Wildman–Crippen LogP) is -2.52. The maximum Gasteiger partial charge on any atom is 0.479 e. The van der Waals surface area contributed by atoms with Crippen LogP contribution in [0, 0.1) is 5.92 Å². The van der Waals surface area contributed by atoms with Gasteiger partial charge < -0.3 is 35.6 Å². The van der Waals surface area contributed by atoms with Gasteiger partial charge in [0.15, 0.2) is 6.33 Å². The zero-order valence-corrected chi connectivity index (χ0v) is 19.9. The van der Waals surface area contributed by atoms with Gasteiger partial charge >= 0.3 is 20.2 Å². The van der Waals surface area contributed by atoms with Crippen LogP contribution in [0.1, 0.15) is 13.2 Å².